The molecule has 0 saturated carbocycles. The van der Waals surface area contributed by atoms with E-state index in [1.54, 1.807) is 18.3 Å². The lowest BCUT2D eigenvalue weighted by atomic mass is 9.98. The van der Waals surface area contributed by atoms with Gasteiger partial charge in [0.25, 0.3) is 0 Å². The summed E-state index contributed by atoms with van der Waals surface area (Å²) in [5, 5.41) is 25.0. The number of hydrogen-bond donors (Lipinski definition) is 3. The van der Waals surface area contributed by atoms with Gasteiger partial charge < -0.3 is 20.5 Å². The molecule has 102 valence electrons. The third-order valence-corrected chi connectivity index (χ3v) is 3.11. The van der Waals surface area contributed by atoms with Gasteiger partial charge in [0.15, 0.2) is 0 Å². The maximum atomic E-state index is 9.59. The monoisotopic (exact) mass is 262 g/mol. The summed E-state index contributed by atoms with van der Waals surface area (Å²) in [5.74, 6) is 0. The molecule has 19 heavy (non-hydrogen) atoms. The van der Waals surface area contributed by atoms with E-state index < -0.39 is 5.54 Å². The zero-order valence-electron chi connectivity index (χ0n) is 10.9. The van der Waals surface area contributed by atoms with E-state index in [0.717, 1.165) is 5.69 Å². The van der Waals surface area contributed by atoms with E-state index in [1.807, 2.05) is 13.0 Å². The number of anilines is 1. The summed E-state index contributed by atoms with van der Waals surface area (Å²) < 4.78 is 5.49. The highest BCUT2D eigenvalue weighted by Gasteiger charge is 2.34. The van der Waals surface area contributed by atoms with Gasteiger partial charge in [0.2, 0.25) is 0 Å². The third kappa shape index (κ3) is 3.41. The highest BCUT2D eigenvalue weighted by molar-refractivity contribution is 5.46. The van der Waals surface area contributed by atoms with Crippen molar-refractivity contribution in [2.24, 2.45) is 0 Å². The number of pyridine rings is 1. The number of nitrogens with one attached hydrogen (secondary N) is 2. The van der Waals surface area contributed by atoms with Crippen LogP contribution in [0.5, 0.6) is 0 Å². The molecule has 6 heteroatoms. The van der Waals surface area contributed by atoms with Crippen LogP contribution in [0.15, 0.2) is 18.3 Å². The van der Waals surface area contributed by atoms with E-state index in [-0.39, 0.29) is 12.6 Å². The normalized spacial score (nSPS) is 26.7. The van der Waals surface area contributed by atoms with E-state index >= 15 is 0 Å². The van der Waals surface area contributed by atoms with Crippen molar-refractivity contribution in [1.82, 2.24) is 10.3 Å². The standard InChI is InChI=1S/C13H18N4O2/c1-10-6-19-9-13(8-18,17-10)7-16-11-2-3-15-12(4-11)5-14/h2-4,10,17-18H,6-9H2,1H3,(H,15,16)/t10-,13+/m1/s1. The Morgan fingerprint density at radius 2 is 2.58 bits per heavy atom. The Hall–Kier alpha value is -1.68. The van der Waals surface area contributed by atoms with Crippen molar-refractivity contribution >= 4 is 5.69 Å². The van der Waals surface area contributed by atoms with Crippen LogP contribution < -0.4 is 10.6 Å². The summed E-state index contributed by atoms with van der Waals surface area (Å²) in [6.45, 7) is 3.62. The van der Waals surface area contributed by atoms with Gasteiger partial charge in [-0.25, -0.2) is 4.98 Å². The van der Waals surface area contributed by atoms with E-state index in [2.05, 4.69) is 15.6 Å². The second-order valence-corrected chi connectivity index (χ2v) is 4.89. The molecule has 3 N–H and O–H groups in total. The Bertz CT molecular complexity index is 474. The number of aliphatic hydroxyl groups excluding tert-OH is 1. The van der Waals surface area contributed by atoms with Crippen molar-refractivity contribution in [3.05, 3.63) is 24.0 Å². The molecule has 1 aliphatic heterocycles. The van der Waals surface area contributed by atoms with E-state index in [0.29, 0.717) is 25.5 Å². The first-order chi connectivity index (χ1) is 9.17. The maximum absolute atomic E-state index is 9.59. The smallest absolute Gasteiger partial charge is 0.142 e. The molecule has 1 aromatic heterocycles. The van der Waals surface area contributed by atoms with Crippen LogP contribution >= 0.6 is 0 Å². The van der Waals surface area contributed by atoms with Crippen molar-refractivity contribution in [2.45, 2.75) is 18.5 Å². The van der Waals surface area contributed by atoms with Gasteiger partial charge >= 0.3 is 0 Å². The van der Waals surface area contributed by atoms with Gasteiger partial charge in [0, 0.05) is 24.5 Å². The molecule has 2 rings (SSSR count). The largest absolute Gasteiger partial charge is 0.394 e. The van der Waals surface area contributed by atoms with E-state index in [1.165, 1.54) is 0 Å². The third-order valence-electron chi connectivity index (χ3n) is 3.11. The minimum Gasteiger partial charge on any atom is -0.394 e. The maximum Gasteiger partial charge on any atom is 0.142 e. The molecule has 0 radical (unpaired) electrons. The minimum atomic E-state index is -0.492. The Balaban J connectivity index is 2.01. The number of nitrogens with zero attached hydrogens (tertiary/aromatic N) is 2. The zero-order valence-corrected chi connectivity index (χ0v) is 10.9. The zero-order chi connectivity index (χ0) is 13.7. The molecule has 0 unspecified atom stereocenters. The van der Waals surface area contributed by atoms with Crippen molar-refractivity contribution < 1.29 is 9.84 Å². The van der Waals surface area contributed by atoms with Gasteiger partial charge in [0.1, 0.15) is 11.8 Å². The molecule has 0 bridgehead atoms. The lowest BCUT2D eigenvalue weighted by molar-refractivity contribution is -0.0157. The molecule has 0 spiro atoms. The van der Waals surface area contributed by atoms with Crippen LogP contribution in [0, 0.1) is 11.3 Å². The van der Waals surface area contributed by atoms with Crippen LogP contribution in [0.3, 0.4) is 0 Å². The Kier molecular flexibility index (Phi) is 4.32. The van der Waals surface area contributed by atoms with Crippen LogP contribution in [-0.2, 0) is 4.74 Å². The molecule has 1 aromatic rings. The van der Waals surface area contributed by atoms with Crippen molar-refractivity contribution in [2.75, 3.05) is 31.7 Å². The van der Waals surface area contributed by atoms with E-state index in [9.17, 15) is 5.11 Å². The molecular formula is C13H18N4O2. The molecule has 1 saturated heterocycles. The van der Waals surface area contributed by atoms with Crippen LogP contribution in [0.2, 0.25) is 0 Å². The lowest BCUT2D eigenvalue weighted by Crippen LogP contribution is -2.63. The second kappa shape index (κ2) is 5.97. The predicted octanol–water partition coefficient (Wildman–Crippen LogP) is 0.105. The molecular weight excluding hydrogens is 244 g/mol. The molecule has 1 fully saturated rings. The first kappa shape index (κ1) is 13.7. The molecule has 2 heterocycles. The van der Waals surface area contributed by atoms with Crippen molar-refractivity contribution in [3.63, 3.8) is 0 Å². The highest BCUT2D eigenvalue weighted by Crippen LogP contribution is 2.15. The van der Waals surface area contributed by atoms with Gasteiger partial charge in [-0.1, -0.05) is 0 Å². The molecule has 1 aliphatic rings. The quantitative estimate of drug-likeness (QED) is 0.713. The van der Waals surface area contributed by atoms with E-state index in [4.69, 9.17) is 10.00 Å². The molecule has 0 aliphatic carbocycles. The van der Waals surface area contributed by atoms with Crippen molar-refractivity contribution in [3.8, 4) is 6.07 Å². The molecule has 0 aromatic carbocycles. The summed E-state index contributed by atoms with van der Waals surface area (Å²) >= 11 is 0. The first-order valence-corrected chi connectivity index (χ1v) is 6.24. The summed E-state index contributed by atoms with van der Waals surface area (Å²) in [7, 11) is 0. The number of ether oxygens (including phenoxy) is 1. The Labute approximate surface area is 112 Å². The Morgan fingerprint density at radius 3 is 3.26 bits per heavy atom. The van der Waals surface area contributed by atoms with Crippen molar-refractivity contribution in [1.29, 1.82) is 5.26 Å². The number of nitriles is 1. The number of morpholine rings is 1. The molecule has 6 nitrogen and oxygen atoms in total. The number of hydrogen-bond acceptors (Lipinski definition) is 6. The van der Waals surface area contributed by atoms with Gasteiger partial charge in [-0.3, -0.25) is 0 Å². The topological polar surface area (TPSA) is 90.2 Å². The van der Waals surface area contributed by atoms with Crippen LogP contribution in [0.25, 0.3) is 0 Å². The lowest BCUT2D eigenvalue weighted by Gasteiger charge is -2.40. The SMILES string of the molecule is C[C@@H]1COC[C@@](CO)(CNc2ccnc(C#N)c2)N1. The average Bonchev–Trinajstić information content (AvgIpc) is 2.45. The van der Waals surface area contributed by atoms with Gasteiger partial charge in [-0.15, -0.1) is 0 Å². The molecule has 0 amide bonds. The number of aromatic nitrogens is 1. The van der Waals surface area contributed by atoms with Crippen LogP contribution in [0.4, 0.5) is 5.69 Å². The van der Waals surface area contributed by atoms with Gasteiger partial charge in [-0.05, 0) is 19.1 Å². The fraction of sp³-hybridized carbons (Fsp3) is 0.538. The number of rotatable bonds is 4. The summed E-state index contributed by atoms with van der Waals surface area (Å²) in [5.41, 5.74) is 0.678. The fourth-order valence-electron chi connectivity index (χ4n) is 2.16. The van der Waals surface area contributed by atoms with Crippen LogP contribution in [0.1, 0.15) is 12.6 Å². The highest BCUT2D eigenvalue weighted by atomic mass is 16.5. The Morgan fingerprint density at radius 1 is 1.74 bits per heavy atom. The van der Waals surface area contributed by atoms with Gasteiger partial charge in [-0.2, -0.15) is 5.26 Å². The fourth-order valence-corrected chi connectivity index (χ4v) is 2.16. The molecule has 2 atom stereocenters. The van der Waals surface area contributed by atoms with Gasteiger partial charge in [0.05, 0.1) is 25.4 Å². The summed E-state index contributed by atoms with van der Waals surface area (Å²) in [6.07, 6.45) is 1.58. The predicted molar refractivity (Wildman–Crippen MR) is 70.7 cm³/mol. The minimum absolute atomic E-state index is 0.0134. The second-order valence-electron chi connectivity index (χ2n) is 4.89. The first-order valence-electron chi connectivity index (χ1n) is 6.24. The summed E-state index contributed by atoms with van der Waals surface area (Å²) in [4.78, 5) is 3.91. The average molecular weight is 262 g/mol. The van der Waals surface area contributed by atoms with Crippen LogP contribution in [-0.4, -0.2) is 48.0 Å². The summed E-state index contributed by atoms with van der Waals surface area (Å²) in [6, 6.07) is 5.67. The number of aliphatic hydroxyl groups is 1.